The molecule has 0 bridgehead atoms. The highest BCUT2D eigenvalue weighted by Crippen LogP contribution is 2.32. The Bertz CT molecular complexity index is 1030. The fourth-order valence-electron chi connectivity index (χ4n) is 2.71. The monoisotopic (exact) mass is 368 g/mol. The lowest BCUT2D eigenvalue weighted by Gasteiger charge is -2.15. The zero-order chi connectivity index (χ0) is 19.6. The van der Waals surface area contributed by atoms with Crippen LogP contribution in [0.2, 0.25) is 0 Å². The minimum Gasteiger partial charge on any atom is -0.497 e. The van der Waals surface area contributed by atoms with E-state index in [9.17, 15) is 9.59 Å². The largest absolute Gasteiger partial charge is 0.497 e. The van der Waals surface area contributed by atoms with Crippen molar-refractivity contribution in [1.29, 1.82) is 0 Å². The summed E-state index contributed by atoms with van der Waals surface area (Å²) in [6.45, 7) is 3.43. The van der Waals surface area contributed by atoms with Crippen LogP contribution in [-0.2, 0) is 9.53 Å². The molecule has 6 heteroatoms. The van der Waals surface area contributed by atoms with Crippen LogP contribution >= 0.6 is 0 Å². The SMILES string of the molecule is COC(=O)C(C)Oc1c(-c2ccc(OC)cc2)oc2cc(C)ccc2c1=O. The molecule has 3 rings (SSSR count). The molecule has 2 aromatic carbocycles. The van der Waals surface area contributed by atoms with E-state index in [0.29, 0.717) is 22.3 Å². The van der Waals surface area contributed by atoms with Gasteiger partial charge in [-0.3, -0.25) is 4.79 Å². The Morgan fingerprint density at radius 2 is 1.78 bits per heavy atom. The Balaban J connectivity index is 2.22. The second-order valence-electron chi connectivity index (χ2n) is 6.10. The molecule has 3 aromatic rings. The number of ether oxygens (including phenoxy) is 3. The Morgan fingerprint density at radius 1 is 1.07 bits per heavy atom. The summed E-state index contributed by atoms with van der Waals surface area (Å²) in [5.74, 6) is 0.299. The summed E-state index contributed by atoms with van der Waals surface area (Å²) in [4.78, 5) is 24.8. The van der Waals surface area contributed by atoms with Crippen molar-refractivity contribution in [3.8, 4) is 22.8 Å². The van der Waals surface area contributed by atoms with Crippen LogP contribution in [0, 0.1) is 6.92 Å². The van der Waals surface area contributed by atoms with E-state index in [4.69, 9.17) is 18.6 Å². The summed E-state index contributed by atoms with van der Waals surface area (Å²) in [5, 5.41) is 0.380. The van der Waals surface area contributed by atoms with Crippen LogP contribution in [0.25, 0.3) is 22.3 Å². The fraction of sp³-hybridized carbons (Fsp3) is 0.238. The van der Waals surface area contributed by atoms with Crippen molar-refractivity contribution < 1.29 is 23.4 Å². The van der Waals surface area contributed by atoms with Crippen molar-refractivity contribution in [2.45, 2.75) is 20.0 Å². The molecule has 1 atom stereocenters. The second kappa shape index (κ2) is 7.53. The van der Waals surface area contributed by atoms with E-state index >= 15 is 0 Å². The molecule has 1 heterocycles. The van der Waals surface area contributed by atoms with Crippen molar-refractivity contribution in [2.24, 2.45) is 0 Å². The third-order valence-corrected chi connectivity index (χ3v) is 4.19. The lowest BCUT2D eigenvalue weighted by molar-refractivity contribution is -0.147. The molecule has 27 heavy (non-hydrogen) atoms. The molecule has 0 radical (unpaired) electrons. The van der Waals surface area contributed by atoms with Gasteiger partial charge < -0.3 is 18.6 Å². The Kier molecular flexibility index (Phi) is 5.16. The van der Waals surface area contributed by atoms with Gasteiger partial charge in [0.1, 0.15) is 11.3 Å². The molecule has 6 nitrogen and oxygen atoms in total. The number of carbonyl (C=O) groups excluding carboxylic acids is 1. The first-order valence-corrected chi connectivity index (χ1v) is 8.41. The number of benzene rings is 2. The first-order chi connectivity index (χ1) is 12.9. The number of rotatable bonds is 5. The summed E-state index contributed by atoms with van der Waals surface area (Å²) in [6.07, 6.45) is -0.960. The third kappa shape index (κ3) is 3.65. The van der Waals surface area contributed by atoms with Crippen LogP contribution in [0.1, 0.15) is 12.5 Å². The van der Waals surface area contributed by atoms with Crippen LogP contribution in [0.4, 0.5) is 0 Å². The summed E-state index contributed by atoms with van der Waals surface area (Å²) in [5.41, 5.74) is 1.69. The summed E-state index contributed by atoms with van der Waals surface area (Å²) in [6, 6.07) is 12.3. The molecular formula is C21H20O6. The minimum absolute atomic E-state index is 0.0329. The van der Waals surface area contributed by atoms with Crippen LogP contribution in [0.3, 0.4) is 0 Å². The number of methoxy groups -OCH3 is 2. The first-order valence-electron chi connectivity index (χ1n) is 8.41. The predicted molar refractivity (Wildman–Crippen MR) is 101 cm³/mol. The van der Waals surface area contributed by atoms with Crippen LogP contribution in [0.15, 0.2) is 51.7 Å². The molecule has 0 aliphatic rings. The maximum absolute atomic E-state index is 13.0. The highest BCUT2D eigenvalue weighted by Gasteiger charge is 2.23. The van der Waals surface area contributed by atoms with E-state index in [-0.39, 0.29) is 16.9 Å². The van der Waals surface area contributed by atoms with Crippen molar-refractivity contribution in [3.05, 3.63) is 58.3 Å². The number of hydrogen-bond donors (Lipinski definition) is 0. The fourth-order valence-corrected chi connectivity index (χ4v) is 2.71. The molecule has 1 aromatic heterocycles. The summed E-state index contributed by atoms with van der Waals surface area (Å²) in [7, 11) is 2.83. The van der Waals surface area contributed by atoms with Crippen molar-refractivity contribution in [3.63, 3.8) is 0 Å². The van der Waals surface area contributed by atoms with Gasteiger partial charge in [0.05, 0.1) is 19.6 Å². The molecule has 0 saturated heterocycles. The van der Waals surface area contributed by atoms with Gasteiger partial charge in [-0.25, -0.2) is 4.79 Å². The molecule has 0 amide bonds. The normalized spacial score (nSPS) is 11.9. The van der Waals surface area contributed by atoms with E-state index < -0.39 is 12.1 Å². The minimum atomic E-state index is -0.960. The van der Waals surface area contributed by atoms with Gasteiger partial charge in [0.15, 0.2) is 11.9 Å². The zero-order valence-corrected chi connectivity index (χ0v) is 15.6. The van der Waals surface area contributed by atoms with Gasteiger partial charge in [0.2, 0.25) is 11.2 Å². The zero-order valence-electron chi connectivity index (χ0n) is 15.6. The molecule has 140 valence electrons. The van der Waals surface area contributed by atoms with E-state index in [1.165, 1.54) is 14.0 Å². The second-order valence-corrected chi connectivity index (χ2v) is 6.10. The summed E-state index contributed by atoms with van der Waals surface area (Å²) >= 11 is 0. The highest BCUT2D eigenvalue weighted by atomic mass is 16.6. The standard InChI is InChI=1S/C21H20O6/c1-12-5-10-16-17(11-12)27-19(14-6-8-15(24-3)9-7-14)20(18(16)22)26-13(2)21(23)25-4/h5-11,13H,1-4H3. The Morgan fingerprint density at radius 3 is 2.41 bits per heavy atom. The van der Waals surface area contributed by atoms with Gasteiger partial charge in [-0.2, -0.15) is 0 Å². The average Bonchev–Trinajstić information content (AvgIpc) is 2.69. The van der Waals surface area contributed by atoms with Gasteiger partial charge in [-0.15, -0.1) is 0 Å². The van der Waals surface area contributed by atoms with Gasteiger partial charge in [0, 0.05) is 5.56 Å². The van der Waals surface area contributed by atoms with Crippen LogP contribution in [-0.4, -0.2) is 26.3 Å². The van der Waals surface area contributed by atoms with Gasteiger partial charge in [-0.05, 0) is 55.8 Å². The quantitative estimate of drug-likeness (QED) is 0.639. The highest BCUT2D eigenvalue weighted by molar-refractivity contribution is 5.83. The van der Waals surface area contributed by atoms with Crippen molar-refractivity contribution >= 4 is 16.9 Å². The molecule has 0 aliphatic heterocycles. The number of carbonyl (C=O) groups is 1. The predicted octanol–water partition coefficient (Wildman–Crippen LogP) is 3.72. The number of hydrogen-bond acceptors (Lipinski definition) is 6. The molecular weight excluding hydrogens is 348 g/mol. The van der Waals surface area contributed by atoms with E-state index in [1.807, 2.05) is 13.0 Å². The van der Waals surface area contributed by atoms with Crippen LogP contribution < -0.4 is 14.9 Å². The smallest absolute Gasteiger partial charge is 0.346 e. The lowest BCUT2D eigenvalue weighted by atomic mass is 10.1. The summed E-state index contributed by atoms with van der Waals surface area (Å²) < 4.78 is 21.5. The van der Waals surface area contributed by atoms with Gasteiger partial charge in [0.25, 0.3) is 0 Å². The molecule has 1 unspecified atom stereocenters. The number of esters is 1. The maximum atomic E-state index is 13.0. The van der Waals surface area contributed by atoms with Gasteiger partial charge in [-0.1, -0.05) is 6.07 Å². The van der Waals surface area contributed by atoms with Gasteiger partial charge >= 0.3 is 5.97 Å². The molecule has 0 fully saturated rings. The molecule has 0 N–H and O–H groups in total. The number of fused-ring (bicyclic) bond motifs is 1. The molecule has 0 aliphatic carbocycles. The number of aryl methyl sites for hydroxylation is 1. The molecule has 0 spiro atoms. The Labute approximate surface area is 156 Å². The lowest BCUT2D eigenvalue weighted by Crippen LogP contribution is -2.27. The Hall–Kier alpha value is -3.28. The third-order valence-electron chi connectivity index (χ3n) is 4.19. The molecule has 0 saturated carbocycles. The van der Waals surface area contributed by atoms with E-state index in [2.05, 4.69) is 0 Å². The average molecular weight is 368 g/mol. The van der Waals surface area contributed by atoms with E-state index in [0.717, 1.165) is 5.56 Å². The van der Waals surface area contributed by atoms with E-state index in [1.54, 1.807) is 43.5 Å². The van der Waals surface area contributed by atoms with Crippen molar-refractivity contribution in [2.75, 3.05) is 14.2 Å². The van der Waals surface area contributed by atoms with Crippen molar-refractivity contribution in [1.82, 2.24) is 0 Å². The van der Waals surface area contributed by atoms with Crippen LogP contribution in [0.5, 0.6) is 11.5 Å². The topological polar surface area (TPSA) is 75.0 Å². The first kappa shape index (κ1) is 18.5. The maximum Gasteiger partial charge on any atom is 0.346 e.